The number of nitrogens with one attached hydrogen (secondary N) is 1. The zero-order valence-electron chi connectivity index (χ0n) is 15.6. The summed E-state index contributed by atoms with van der Waals surface area (Å²) in [6, 6.07) is 14.5. The van der Waals surface area contributed by atoms with E-state index < -0.39 is 0 Å². The molecule has 4 rings (SSSR count). The number of carbonyl (C=O) groups excluding carboxylic acids is 1. The van der Waals surface area contributed by atoms with E-state index in [1.165, 1.54) is 0 Å². The van der Waals surface area contributed by atoms with E-state index in [1.54, 1.807) is 22.9 Å². The lowest BCUT2D eigenvalue weighted by Crippen LogP contribution is -2.47. The fourth-order valence-electron chi connectivity index (χ4n) is 3.53. The maximum absolute atomic E-state index is 13.0. The molecule has 9 heteroatoms. The van der Waals surface area contributed by atoms with E-state index in [-0.39, 0.29) is 11.9 Å². The maximum atomic E-state index is 13.0. The molecule has 1 atom stereocenters. The van der Waals surface area contributed by atoms with Crippen molar-refractivity contribution in [1.82, 2.24) is 25.1 Å². The van der Waals surface area contributed by atoms with Gasteiger partial charge in [0.05, 0.1) is 28.3 Å². The molecule has 0 aliphatic carbocycles. The molecule has 0 spiro atoms. The molecule has 0 saturated carbocycles. The van der Waals surface area contributed by atoms with Crippen LogP contribution in [0.1, 0.15) is 25.1 Å². The average molecular weight is 431 g/mol. The van der Waals surface area contributed by atoms with Gasteiger partial charge in [0.1, 0.15) is 0 Å². The minimum atomic E-state index is -0.265. The summed E-state index contributed by atoms with van der Waals surface area (Å²) in [4.78, 5) is 15.1. The van der Waals surface area contributed by atoms with Gasteiger partial charge in [0.15, 0.2) is 5.82 Å². The van der Waals surface area contributed by atoms with Gasteiger partial charge in [-0.1, -0.05) is 47.8 Å². The van der Waals surface area contributed by atoms with Crippen LogP contribution in [0.3, 0.4) is 0 Å². The van der Waals surface area contributed by atoms with Crippen molar-refractivity contribution in [2.75, 3.05) is 11.9 Å². The quantitative estimate of drug-likeness (QED) is 0.662. The predicted molar refractivity (Wildman–Crippen MR) is 112 cm³/mol. The second-order valence-corrected chi connectivity index (χ2v) is 7.76. The van der Waals surface area contributed by atoms with Crippen molar-refractivity contribution in [1.29, 1.82) is 0 Å². The number of hydrogen-bond acceptors (Lipinski definition) is 5. The number of tetrazole rings is 1. The largest absolute Gasteiger partial charge is 0.325 e. The molecule has 1 amide bonds. The summed E-state index contributed by atoms with van der Waals surface area (Å²) in [6.07, 6.45) is 2.81. The first-order valence-electron chi connectivity index (χ1n) is 9.44. The summed E-state index contributed by atoms with van der Waals surface area (Å²) >= 11 is 12.0. The van der Waals surface area contributed by atoms with Crippen LogP contribution < -0.4 is 5.32 Å². The number of amides is 1. The molecule has 2 aromatic carbocycles. The molecule has 3 aromatic rings. The number of para-hydroxylation sites is 1. The van der Waals surface area contributed by atoms with E-state index in [9.17, 15) is 4.79 Å². The molecule has 150 valence electrons. The summed E-state index contributed by atoms with van der Waals surface area (Å²) in [7, 11) is 0. The van der Waals surface area contributed by atoms with Gasteiger partial charge in [-0.3, -0.25) is 9.69 Å². The molecule has 2 heterocycles. The minimum Gasteiger partial charge on any atom is -0.325 e. The summed E-state index contributed by atoms with van der Waals surface area (Å²) in [5.41, 5.74) is 1.52. The molecule has 0 bridgehead atoms. The normalized spacial score (nSPS) is 17.2. The molecule has 29 heavy (non-hydrogen) atoms. The van der Waals surface area contributed by atoms with Gasteiger partial charge in [-0.25, -0.2) is 0 Å². The van der Waals surface area contributed by atoms with E-state index in [1.807, 2.05) is 30.3 Å². The van der Waals surface area contributed by atoms with E-state index in [0.29, 0.717) is 28.1 Å². The van der Waals surface area contributed by atoms with Crippen LogP contribution >= 0.6 is 23.2 Å². The van der Waals surface area contributed by atoms with Gasteiger partial charge in [-0.05, 0) is 60.1 Å². The van der Waals surface area contributed by atoms with E-state index >= 15 is 0 Å². The van der Waals surface area contributed by atoms with Crippen LogP contribution in [-0.4, -0.2) is 43.6 Å². The number of nitrogens with zero attached hydrogens (tertiary/aromatic N) is 5. The SMILES string of the molecule is O=C(Nc1ccc(Cl)c(Cl)c1)C1CCCCN1Cc1nnnn1-c1ccccc1. The van der Waals surface area contributed by atoms with Crippen molar-refractivity contribution in [3.05, 3.63) is 64.4 Å². The zero-order chi connectivity index (χ0) is 20.2. The van der Waals surface area contributed by atoms with Gasteiger partial charge in [-0.15, -0.1) is 5.10 Å². The van der Waals surface area contributed by atoms with Crippen molar-refractivity contribution in [3.8, 4) is 5.69 Å². The van der Waals surface area contributed by atoms with Gasteiger partial charge in [0, 0.05) is 5.69 Å². The van der Waals surface area contributed by atoms with Crippen LogP contribution in [0, 0.1) is 0 Å². The second-order valence-electron chi connectivity index (χ2n) is 6.94. The first-order chi connectivity index (χ1) is 14.1. The topological polar surface area (TPSA) is 75.9 Å². The number of carbonyl (C=O) groups is 1. The number of benzene rings is 2. The van der Waals surface area contributed by atoms with E-state index in [4.69, 9.17) is 23.2 Å². The van der Waals surface area contributed by atoms with Gasteiger partial charge >= 0.3 is 0 Å². The van der Waals surface area contributed by atoms with Crippen molar-refractivity contribution < 1.29 is 4.79 Å². The van der Waals surface area contributed by atoms with Crippen LogP contribution in [0.15, 0.2) is 48.5 Å². The van der Waals surface area contributed by atoms with Crippen molar-refractivity contribution in [2.24, 2.45) is 0 Å². The number of hydrogen-bond donors (Lipinski definition) is 1. The minimum absolute atomic E-state index is 0.0678. The average Bonchev–Trinajstić information content (AvgIpc) is 3.20. The number of likely N-dealkylation sites (tertiary alicyclic amines) is 1. The monoisotopic (exact) mass is 430 g/mol. The number of anilines is 1. The van der Waals surface area contributed by atoms with Gasteiger partial charge in [0.2, 0.25) is 5.91 Å². The highest BCUT2D eigenvalue weighted by atomic mass is 35.5. The Morgan fingerprint density at radius 3 is 2.72 bits per heavy atom. The number of halogens is 2. The van der Waals surface area contributed by atoms with Crippen LogP contribution in [0.4, 0.5) is 5.69 Å². The van der Waals surface area contributed by atoms with Crippen molar-refractivity contribution >= 4 is 34.8 Å². The molecule has 1 aliphatic heterocycles. The fourth-order valence-corrected chi connectivity index (χ4v) is 3.83. The van der Waals surface area contributed by atoms with E-state index in [2.05, 4.69) is 25.7 Å². The molecule has 0 radical (unpaired) electrons. The van der Waals surface area contributed by atoms with Crippen molar-refractivity contribution in [2.45, 2.75) is 31.8 Å². The first-order valence-corrected chi connectivity index (χ1v) is 10.2. The Bertz CT molecular complexity index is 994. The molecule has 1 unspecified atom stereocenters. The standard InChI is InChI=1S/C20H20Cl2N6O/c21-16-10-9-14(12-17(16)22)23-20(29)18-8-4-5-11-27(18)13-19-24-25-26-28(19)15-6-2-1-3-7-15/h1-3,6-7,9-10,12,18H,4-5,8,11,13H2,(H,23,29). The Morgan fingerprint density at radius 1 is 1.10 bits per heavy atom. The van der Waals surface area contributed by atoms with E-state index in [0.717, 1.165) is 31.5 Å². The molecular weight excluding hydrogens is 411 g/mol. The molecule has 1 fully saturated rings. The summed E-state index contributed by atoms with van der Waals surface area (Å²) in [5.74, 6) is 0.632. The van der Waals surface area contributed by atoms with Crippen LogP contribution in [0.25, 0.3) is 5.69 Å². The first kappa shape index (κ1) is 19.8. The number of aromatic nitrogens is 4. The molecule has 1 saturated heterocycles. The number of rotatable bonds is 5. The summed E-state index contributed by atoms with van der Waals surface area (Å²) in [5, 5.41) is 15.9. The Morgan fingerprint density at radius 2 is 1.93 bits per heavy atom. The third-order valence-corrected chi connectivity index (χ3v) is 5.72. The molecule has 1 aliphatic rings. The van der Waals surface area contributed by atoms with Crippen LogP contribution in [-0.2, 0) is 11.3 Å². The van der Waals surface area contributed by atoms with Gasteiger partial charge < -0.3 is 5.32 Å². The summed E-state index contributed by atoms with van der Waals surface area (Å²) in [6.45, 7) is 1.29. The smallest absolute Gasteiger partial charge is 0.241 e. The molecular formula is C20H20Cl2N6O. The molecule has 1 aromatic heterocycles. The highest BCUT2D eigenvalue weighted by Gasteiger charge is 2.30. The Kier molecular flexibility index (Phi) is 6.08. The maximum Gasteiger partial charge on any atom is 0.241 e. The Labute approximate surface area is 178 Å². The van der Waals surface area contributed by atoms with Gasteiger partial charge in [0.25, 0.3) is 0 Å². The fraction of sp³-hybridized carbons (Fsp3) is 0.300. The second kappa shape index (κ2) is 8.90. The highest BCUT2D eigenvalue weighted by Crippen LogP contribution is 2.26. The number of piperidine rings is 1. The predicted octanol–water partition coefficient (Wildman–Crippen LogP) is 3.96. The Balaban J connectivity index is 1.50. The van der Waals surface area contributed by atoms with Crippen LogP contribution in [0.2, 0.25) is 10.0 Å². The lowest BCUT2D eigenvalue weighted by molar-refractivity contribution is -0.122. The summed E-state index contributed by atoms with van der Waals surface area (Å²) < 4.78 is 1.71. The van der Waals surface area contributed by atoms with Crippen LogP contribution in [0.5, 0.6) is 0 Å². The van der Waals surface area contributed by atoms with Crippen molar-refractivity contribution in [3.63, 3.8) is 0 Å². The molecule has 7 nitrogen and oxygen atoms in total. The lowest BCUT2D eigenvalue weighted by Gasteiger charge is -2.34. The zero-order valence-corrected chi connectivity index (χ0v) is 17.1. The highest BCUT2D eigenvalue weighted by molar-refractivity contribution is 6.42. The third-order valence-electron chi connectivity index (χ3n) is 4.98. The lowest BCUT2D eigenvalue weighted by atomic mass is 10.0. The molecule has 1 N–H and O–H groups in total. The van der Waals surface area contributed by atoms with Gasteiger partial charge in [-0.2, -0.15) is 4.68 Å². The Hall–Kier alpha value is -2.48. The third kappa shape index (κ3) is 4.58.